The Kier molecular flexibility index (Phi) is 3.53. The van der Waals surface area contributed by atoms with E-state index in [2.05, 4.69) is 5.92 Å². The molecule has 0 spiro atoms. The van der Waals surface area contributed by atoms with E-state index in [1.807, 2.05) is 6.92 Å². The number of carbonyl (C=O) groups excluding carboxylic acids is 1. The average Bonchev–Trinajstić information content (AvgIpc) is 2.45. The number of Topliss-reactive ketones (excluding diaryl/α,β-unsaturated/α-hetero) is 1. The largest absolute Gasteiger partial charge is 0.466 e. The molecule has 0 aliphatic carbocycles. The van der Waals surface area contributed by atoms with Crippen LogP contribution in [-0.2, 0) is 0 Å². The molecule has 1 aromatic heterocycles. The Labute approximate surface area is 84.3 Å². The average molecular weight is 190 g/mol. The molecule has 74 valence electrons. The lowest BCUT2D eigenvalue weighted by Gasteiger charge is -1.96. The minimum absolute atomic E-state index is 0.120. The van der Waals surface area contributed by atoms with Crippen LogP contribution >= 0.6 is 0 Å². The highest BCUT2D eigenvalue weighted by molar-refractivity contribution is 5.97. The van der Waals surface area contributed by atoms with Crippen LogP contribution < -0.4 is 0 Å². The number of rotatable bonds is 4. The SMILES string of the molecule is C#CCCCC(=O)c1cc(C)oc1C. The Morgan fingerprint density at radius 2 is 2.29 bits per heavy atom. The number of furan rings is 1. The third-order valence-corrected chi connectivity index (χ3v) is 2.07. The predicted molar refractivity (Wildman–Crippen MR) is 55.2 cm³/mol. The van der Waals surface area contributed by atoms with Gasteiger partial charge in [-0.05, 0) is 26.3 Å². The normalized spacial score (nSPS) is 9.79. The second-order valence-corrected chi connectivity index (χ2v) is 3.31. The molecular formula is C12H14O2. The fourth-order valence-corrected chi connectivity index (χ4v) is 1.39. The maximum absolute atomic E-state index is 11.6. The van der Waals surface area contributed by atoms with Gasteiger partial charge >= 0.3 is 0 Å². The zero-order valence-electron chi connectivity index (χ0n) is 8.59. The Balaban J connectivity index is 2.61. The molecule has 0 aromatic carbocycles. The Bertz CT molecular complexity index is 366. The van der Waals surface area contributed by atoms with Gasteiger partial charge in [0, 0.05) is 12.8 Å². The quantitative estimate of drug-likeness (QED) is 0.415. The van der Waals surface area contributed by atoms with Crippen LogP contribution in [0.2, 0.25) is 0 Å². The van der Waals surface area contributed by atoms with E-state index >= 15 is 0 Å². The molecule has 0 saturated carbocycles. The number of terminal acetylenes is 1. The maximum Gasteiger partial charge on any atom is 0.166 e. The van der Waals surface area contributed by atoms with Crippen molar-refractivity contribution in [3.63, 3.8) is 0 Å². The molecule has 0 bridgehead atoms. The topological polar surface area (TPSA) is 30.2 Å². The molecule has 0 aliphatic heterocycles. The summed E-state index contributed by atoms with van der Waals surface area (Å²) < 4.78 is 5.28. The zero-order valence-corrected chi connectivity index (χ0v) is 8.59. The van der Waals surface area contributed by atoms with E-state index in [9.17, 15) is 4.79 Å². The first-order valence-corrected chi connectivity index (χ1v) is 4.69. The third kappa shape index (κ3) is 2.50. The van der Waals surface area contributed by atoms with E-state index in [0.29, 0.717) is 24.2 Å². The number of aryl methyl sites for hydroxylation is 2. The molecule has 0 N–H and O–H groups in total. The standard InChI is InChI=1S/C12H14O2/c1-4-5-6-7-12(13)11-8-9(2)14-10(11)3/h1,8H,5-7H2,2-3H3. The van der Waals surface area contributed by atoms with E-state index in [4.69, 9.17) is 10.8 Å². The van der Waals surface area contributed by atoms with Gasteiger partial charge in [-0.1, -0.05) is 0 Å². The molecule has 0 amide bonds. The van der Waals surface area contributed by atoms with E-state index in [1.165, 1.54) is 0 Å². The Hall–Kier alpha value is -1.49. The van der Waals surface area contributed by atoms with Gasteiger partial charge in [-0.3, -0.25) is 4.79 Å². The minimum atomic E-state index is 0.120. The maximum atomic E-state index is 11.6. The summed E-state index contributed by atoms with van der Waals surface area (Å²) in [5, 5.41) is 0. The summed E-state index contributed by atoms with van der Waals surface area (Å²) in [6.07, 6.45) is 7.01. The molecule has 1 aromatic rings. The van der Waals surface area contributed by atoms with Crippen molar-refractivity contribution in [3.8, 4) is 12.3 Å². The number of unbranched alkanes of at least 4 members (excludes halogenated alkanes) is 1. The lowest BCUT2D eigenvalue weighted by Crippen LogP contribution is -1.98. The number of carbonyl (C=O) groups is 1. The van der Waals surface area contributed by atoms with Crippen LogP contribution in [0.15, 0.2) is 10.5 Å². The van der Waals surface area contributed by atoms with Gasteiger partial charge in [-0.15, -0.1) is 12.3 Å². The van der Waals surface area contributed by atoms with Gasteiger partial charge in [-0.25, -0.2) is 0 Å². The van der Waals surface area contributed by atoms with Gasteiger partial charge in [0.2, 0.25) is 0 Å². The van der Waals surface area contributed by atoms with E-state index in [0.717, 1.165) is 12.2 Å². The van der Waals surface area contributed by atoms with E-state index < -0.39 is 0 Å². The molecule has 2 heteroatoms. The molecular weight excluding hydrogens is 176 g/mol. The van der Waals surface area contributed by atoms with Gasteiger partial charge in [-0.2, -0.15) is 0 Å². The van der Waals surface area contributed by atoms with Crippen LogP contribution in [0, 0.1) is 26.2 Å². The summed E-state index contributed by atoms with van der Waals surface area (Å²) in [6, 6.07) is 1.79. The first kappa shape index (κ1) is 10.6. The summed E-state index contributed by atoms with van der Waals surface area (Å²) >= 11 is 0. The first-order chi connectivity index (χ1) is 6.65. The number of hydrogen-bond acceptors (Lipinski definition) is 2. The summed E-state index contributed by atoms with van der Waals surface area (Å²) in [4.78, 5) is 11.6. The fraction of sp³-hybridized carbons (Fsp3) is 0.417. The van der Waals surface area contributed by atoms with E-state index in [-0.39, 0.29) is 5.78 Å². The fourth-order valence-electron chi connectivity index (χ4n) is 1.39. The van der Waals surface area contributed by atoms with Crippen molar-refractivity contribution >= 4 is 5.78 Å². The monoisotopic (exact) mass is 190 g/mol. The van der Waals surface area contributed by atoms with Crippen LogP contribution in [-0.4, -0.2) is 5.78 Å². The van der Waals surface area contributed by atoms with Crippen molar-refractivity contribution in [2.24, 2.45) is 0 Å². The third-order valence-electron chi connectivity index (χ3n) is 2.07. The molecule has 0 unspecified atom stereocenters. The zero-order chi connectivity index (χ0) is 10.6. The molecule has 0 saturated heterocycles. The molecule has 0 fully saturated rings. The van der Waals surface area contributed by atoms with Crippen LogP contribution in [0.25, 0.3) is 0 Å². The van der Waals surface area contributed by atoms with Gasteiger partial charge in [0.05, 0.1) is 5.56 Å². The Morgan fingerprint density at radius 3 is 2.79 bits per heavy atom. The summed E-state index contributed by atoms with van der Waals surface area (Å²) in [5.41, 5.74) is 0.694. The summed E-state index contributed by atoms with van der Waals surface area (Å²) in [5.74, 6) is 4.12. The highest BCUT2D eigenvalue weighted by Gasteiger charge is 2.12. The highest BCUT2D eigenvalue weighted by Crippen LogP contribution is 2.16. The summed E-state index contributed by atoms with van der Waals surface area (Å²) in [7, 11) is 0. The molecule has 2 nitrogen and oxygen atoms in total. The van der Waals surface area contributed by atoms with Crippen molar-refractivity contribution in [1.82, 2.24) is 0 Å². The Morgan fingerprint density at radius 1 is 1.57 bits per heavy atom. The minimum Gasteiger partial charge on any atom is -0.466 e. The molecule has 1 heterocycles. The summed E-state index contributed by atoms with van der Waals surface area (Å²) in [6.45, 7) is 3.65. The van der Waals surface area contributed by atoms with Gasteiger partial charge in [0.15, 0.2) is 5.78 Å². The van der Waals surface area contributed by atoms with Crippen LogP contribution in [0.4, 0.5) is 0 Å². The second kappa shape index (κ2) is 4.66. The van der Waals surface area contributed by atoms with Gasteiger partial charge < -0.3 is 4.42 Å². The van der Waals surface area contributed by atoms with Gasteiger partial charge in [0.1, 0.15) is 11.5 Å². The molecule has 0 aliphatic rings. The van der Waals surface area contributed by atoms with Crippen LogP contribution in [0.1, 0.15) is 41.1 Å². The predicted octanol–water partition coefficient (Wildman–Crippen LogP) is 2.88. The van der Waals surface area contributed by atoms with Crippen LogP contribution in [0.5, 0.6) is 0 Å². The number of ketones is 1. The molecule has 0 atom stereocenters. The highest BCUT2D eigenvalue weighted by atomic mass is 16.3. The van der Waals surface area contributed by atoms with Crippen molar-refractivity contribution in [2.75, 3.05) is 0 Å². The lowest BCUT2D eigenvalue weighted by molar-refractivity contribution is 0.0979. The molecule has 0 radical (unpaired) electrons. The van der Waals surface area contributed by atoms with Crippen molar-refractivity contribution < 1.29 is 9.21 Å². The van der Waals surface area contributed by atoms with E-state index in [1.54, 1.807) is 13.0 Å². The second-order valence-electron chi connectivity index (χ2n) is 3.31. The number of hydrogen-bond donors (Lipinski definition) is 0. The smallest absolute Gasteiger partial charge is 0.166 e. The lowest BCUT2D eigenvalue weighted by atomic mass is 10.1. The first-order valence-electron chi connectivity index (χ1n) is 4.69. The van der Waals surface area contributed by atoms with Crippen molar-refractivity contribution in [3.05, 3.63) is 23.2 Å². The molecule has 14 heavy (non-hydrogen) atoms. The van der Waals surface area contributed by atoms with Gasteiger partial charge in [0.25, 0.3) is 0 Å². The van der Waals surface area contributed by atoms with Crippen molar-refractivity contribution in [1.29, 1.82) is 0 Å². The molecule has 1 rings (SSSR count). The van der Waals surface area contributed by atoms with Crippen LogP contribution in [0.3, 0.4) is 0 Å². The van der Waals surface area contributed by atoms with Crippen molar-refractivity contribution in [2.45, 2.75) is 33.1 Å².